The van der Waals surface area contributed by atoms with Crippen LogP contribution in [0.25, 0.3) is 0 Å². The van der Waals surface area contributed by atoms with Crippen LogP contribution < -0.4 is 5.32 Å². The number of hydrogen-bond acceptors (Lipinski definition) is 5. The van der Waals surface area contributed by atoms with E-state index in [0.29, 0.717) is 19.4 Å². The average Bonchev–Trinajstić information content (AvgIpc) is 3.38. The van der Waals surface area contributed by atoms with E-state index >= 15 is 0 Å². The van der Waals surface area contributed by atoms with Crippen molar-refractivity contribution >= 4 is 11.9 Å². The first-order chi connectivity index (χ1) is 35.5. The fourth-order valence-corrected chi connectivity index (χ4v) is 9.96. The number of aliphatic hydroxyl groups is 2. The number of nitrogens with one attached hydrogen (secondary N) is 1. The number of amides is 1. The molecule has 0 heterocycles. The highest BCUT2D eigenvalue weighted by atomic mass is 16.5. The second kappa shape index (κ2) is 61.6. The normalized spacial score (nSPS) is 12.8. The molecule has 0 aromatic carbocycles. The van der Waals surface area contributed by atoms with E-state index < -0.39 is 12.1 Å². The van der Waals surface area contributed by atoms with Crippen molar-refractivity contribution in [3.8, 4) is 0 Å². The molecule has 0 radical (unpaired) electrons. The number of carbonyl (C=O) groups excluding carboxylic acids is 2. The van der Waals surface area contributed by atoms with Crippen LogP contribution in [0.5, 0.6) is 0 Å². The third-order valence-electron chi connectivity index (χ3n) is 14.9. The van der Waals surface area contributed by atoms with Crippen molar-refractivity contribution in [2.24, 2.45) is 0 Å². The molecule has 72 heavy (non-hydrogen) atoms. The summed E-state index contributed by atoms with van der Waals surface area (Å²) in [6, 6.07) is -0.623. The Bertz CT molecular complexity index is 1170. The van der Waals surface area contributed by atoms with Gasteiger partial charge in [0.1, 0.15) is 0 Å². The highest BCUT2D eigenvalue weighted by Crippen LogP contribution is 2.18. The van der Waals surface area contributed by atoms with Crippen molar-refractivity contribution in [3.63, 3.8) is 0 Å². The maximum atomic E-state index is 12.4. The number of allylic oxidation sites excluding steroid dienone is 5. The molecule has 1 amide bonds. The van der Waals surface area contributed by atoms with Gasteiger partial charge in [0.2, 0.25) is 5.91 Å². The first-order valence-electron chi connectivity index (χ1n) is 32.3. The molecule has 6 heteroatoms. The van der Waals surface area contributed by atoms with Crippen molar-refractivity contribution in [1.29, 1.82) is 0 Å². The minimum Gasteiger partial charge on any atom is -0.466 e. The number of esters is 1. The van der Waals surface area contributed by atoms with E-state index in [9.17, 15) is 19.8 Å². The lowest BCUT2D eigenvalue weighted by Crippen LogP contribution is -2.45. The van der Waals surface area contributed by atoms with Gasteiger partial charge in [-0.05, 0) is 64.2 Å². The summed E-state index contributed by atoms with van der Waals surface area (Å²) < 4.78 is 5.50. The largest absolute Gasteiger partial charge is 0.466 e. The molecule has 0 aromatic rings. The lowest BCUT2D eigenvalue weighted by atomic mass is 10.0. The van der Waals surface area contributed by atoms with E-state index in [1.807, 2.05) is 6.08 Å². The van der Waals surface area contributed by atoms with Crippen molar-refractivity contribution in [2.45, 2.75) is 360 Å². The standard InChI is InChI=1S/C66H125NO5/c1-3-5-7-9-11-13-15-16-17-30-34-37-40-44-48-52-56-60-66(71)72-61-57-53-49-45-41-38-35-32-29-27-25-23-21-19-18-20-22-24-26-28-31-33-36-39-43-47-51-55-59-65(70)67-63(62-68)64(69)58-54-50-46-42-14-12-10-8-6-4-2/h11,13,16-17,54,58,63-64,68-69H,3-10,12,14-15,18-53,55-57,59-62H2,1-2H3,(H,67,70)/b13-11-,17-16-,58-54+. The Morgan fingerprint density at radius 1 is 0.389 bits per heavy atom. The molecular formula is C66H125NO5. The van der Waals surface area contributed by atoms with E-state index in [1.54, 1.807) is 6.08 Å². The van der Waals surface area contributed by atoms with E-state index in [1.165, 1.54) is 270 Å². The number of unbranched alkanes of at least 4 members (excludes halogenated alkanes) is 45. The van der Waals surface area contributed by atoms with Gasteiger partial charge in [-0.15, -0.1) is 0 Å². The summed E-state index contributed by atoms with van der Waals surface area (Å²) in [4.78, 5) is 24.5. The lowest BCUT2D eigenvalue weighted by molar-refractivity contribution is -0.143. The van der Waals surface area contributed by atoms with Gasteiger partial charge in [-0.25, -0.2) is 0 Å². The summed E-state index contributed by atoms with van der Waals surface area (Å²) in [6.45, 7) is 4.87. The number of carbonyl (C=O) groups is 2. The molecule has 0 saturated carbocycles. The van der Waals surface area contributed by atoms with Crippen LogP contribution >= 0.6 is 0 Å². The van der Waals surface area contributed by atoms with Crippen molar-refractivity contribution in [2.75, 3.05) is 13.2 Å². The molecule has 0 spiro atoms. The zero-order valence-electron chi connectivity index (χ0n) is 48.4. The molecule has 0 saturated heterocycles. The maximum Gasteiger partial charge on any atom is 0.305 e. The molecule has 0 aliphatic carbocycles. The topological polar surface area (TPSA) is 95.9 Å². The van der Waals surface area contributed by atoms with Crippen molar-refractivity contribution in [3.05, 3.63) is 36.5 Å². The Hall–Kier alpha value is -1.92. The van der Waals surface area contributed by atoms with Gasteiger partial charge in [0.15, 0.2) is 0 Å². The van der Waals surface area contributed by atoms with Crippen molar-refractivity contribution < 1.29 is 24.5 Å². The molecule has 6 nitrogen and oxygen atoms in total. The highest BCUT2D eigenvalue weighted by molar-refractivity contribution is 5.76. The second-order valence-corrected chi connectivity index (χ2v) is 22.1. The van der Waals surface area contributed by atoms with Crippen LogP contribution in [0, 0.1) is 0 Å². The zero-order chi connectivity index (χ0) is 52.2. The van der Waals surface area contributed by atoms with Gasteiger partial charge in [0.25, 0.3) is 0 Å². The predicted molar refractivity (Wildman–Crippen MR) is 315 cm³/mol. The van der Waals surface area contributed by atoms with Crippen LogP contribution in [0.2, 0.25) is 0 Å². The Morgan fingerprint density at radius 2 is 0.694 bits per heavy atom. The van der Waals surface area contributed by atoms with Gasteiger partial charge < -0.3 is 20.3 Å². The molecule has 0 aromatic heterocycles. The van der Waals surface area contributed by atoms with Crippen molar-refractivity contribution in [1.82, 2.24) is 5.32 Å². The van der Waals surface area contributed by atoms with Gasteiger partial charge in [0.05, 0.1) is 25.4 Å². The van der Waals surface area contributed by atoms with E-state index in [0.717, 1.165) is 51.4 Å². The lowest BCUT2D eigenvalue weighted by Gasteiger charge is -2.20. The molecular weight excluding hydrogens is 887 g/mol. The molecule has 0 rings (SSSR count). The maximum absolute atomic E-state index is 12.4. The Balaban J connectivity index is 3.33. The number of aliphatic hydroxyl groups excluding tert-OH is 2. The summed E-state index contributed by atoms with van der Waals surface area (Å²) in [5.74, 6) is -0.0554. The minimum atomic E-state index is -0.840. The van der Waals surface area contributed by atoms with Gasteiger partial charge in [0, 0.05) is 12.8 Å². The monoisotopic (exact) mass is 1010 g/mol. The van der Waals surface area contributed by atoms with Gasteiger partial charge >= 0.3 is 5.97 Å². The van der Waals surface area contributed by atoms with E-state index in [4.69, 9.17) is 4.74 Å². The summed E-state index contributed by atoms with van der Waals surface area (Å²) in [7, 11) is 0. The number of hydrogen-bond donors (Lipinski definition) is 3. The van der Waals surface area contributed by atoms with E-state index in [2.05, 4.69) is 43.5 Å². The minimum absolute atomic E-state index is 0.0106. The third kappa shape index (κ3) is 57.4. The van der Waals surface area contributed by atoms with Crippen LogP contribution in [0.3, 0.4) is 0 Å². The molecule has 0 fully saturated rings. The molecule has 0 aliphatic rings. The fourth-order valence-electron chi connectivity index (χ4n) is 9.96. The third-order valence-corrected chi connectivity index (χ3v) is 14.9. The first kappa shape index (κ1) is 70.1. The fraction of sp³-hybridized carbons (Fsp3) is 0.879. The molecule has 0 bridgehead atoms. The molecule has 2 unspecified atom stereocenters. The number of rotatable bonds is 60. The van der Waals surface area contributed by atoms with Crippen LogP contribution in [-0.4, -0.2) is 47.4 Å². The van der Waals surface area contributed by atoms with E-state index in [-0.39, 0.29) is 18.5 Å². The Labute approximate surface area is 449 Å². The van der Waals surface area contributed by atoms with Gasteiger partial charge in [-0.2, -0.15) is 0 Å². The summed E-state index contributed by atoms with van der Waals surface area (Å²) >= 11 is 0. The summed E-state index contributed by atoms with van der Waals surface area (Å²) in [6.07, 6.45) is 77.8. The molecule has 0 aliphatic heterocycles. The average molecular weight is 1010 g/mol. The first-order valence-corrected chi connectivity index (χ1v) is 32.3. The van der Waals surface area contributed by atoms with Crippen LogP contribution in [-0.2, 0) is 14.3 Å². The quantitative estimate of drug-likeness (QED) is 0.0320. The second-order valence-electron chi connectivity index (χ2n) is 22.1. The number of ether oxygens (including phenoxy) is 1. The van der Waals surface area contributed by atoms with Gasteiger partial charge in [-0.3, -0.25) is 9.59 Å². The molecule has 2 atom stereocenters. The summed E-state index contributed by atoms with van der Waals surface area (Å²) in [5, 5.41) is 23.0. The smallest absolute Gasteiger partial charge is 0.305 e. The zero-order valence-corrected chi connectivity index (χ0v) is 48.4. The molecule has 3 N–H and O–H groups in total. The van der Waals surface area contributed by atoms with Crippen LogP contribution in [0.4, 0.5) is 0 Å². The summed E-state index contributed by atoms with van der Waals surface area (Å²) in [5.41, 5.74) is 0. The predicted octanol–water partition coefficient (Wildman–Crippen LogP) is 20.4. The molecule has 424 valence electrons. The Morgan fingerprint density at radius 3 is 1.08 bits per heavy atom. The SMILES string of the molecule is CCCCC/C=C\C/C=C\CCCCCCCCCC(=O)OCCCCCCCCCCCCCCCCCCCCCCCCCCCCCCC(=O)NC(CO)C(O)/C=C/CCCCCCCCCC. The van der Waals surface area contributed by atoms with Crippen LogP contribution in [0.15, 0.2) is 36.5 Å². The van der Waals surface area contributed by atoms with Gasteiger partial charge in [-0.1, -0.05) is 307 Å². The van der Waals surface area contributed by atoms with Crippen LogP contribution in [0.1, 0.15) is 348 Å². The Kier molecular flexibility index (Phi) is 60.0. The highest BCUT2D eigenvalue weighted by Gasteiger charge is 2.18.